The molecule has 2 aromatic heterocycles. The molecule has 1 aromatic carbocycles. The summed E-state index contributed by atoms with van der Waals surface area (Å²) in [6, 6.07) is 4.36. The number of halogens is 6. The lowest BCUT2D eigenvalue weighted by Crippen LogP contribution is -2.19. The molecule has 0 bridgehead atoms. The van der Waals surface area contributed by atoms with Gasteiger partial charge in [0.2, 0.25) is 0 Å². The van der Waals surface area contributed by atoms with Crippen LogP contribution in [0.5, 0.6) is 0 Å². The fraction of sp³-hybridized carbons (Fsp3) is 0.250. The maximum Gasteiger partial charge on any atom is 0.436 e. The van der Waals surface area contributed by atoms with E-state index >= 15 is 0 Å². The van der Waals surface area contributed by atoms with E-state index in [1.54, 1.807) is 0 Å². The lowest BCUT2D eigenvalue weighted by molar-refractivity contribution is -0.141. The van der Waals surface area contributed by atoms with Crippen LogP contribution in [0, 0.1) is 6.92 Å². The molecule has 3 aromatic rings. The van der Waals surface area contributed by atoms with Gasteiger partial charge in [0.1, 0.15) is 11.2 Å². The minimum Gasteiger partial charge on any atom is -0.365 e. The Morgan fingerprint density at radius 1 is 1.15 bits per heavy atom. The molecule has 2 N–H and O–H groups in total. The van der Waals surface area contributed by atoms with Crippen LogP contribution in [0.15, 0.2) is 30.5 Å². The highest BCUT2D eigenvalue weighted by atomic mass is 19.4. The summed E-state index contributed by atoms with van der Waals surface area (Å²) in [5, 5.41) is 3.41. The standard InChI is InChI=1S/C16H12F6N4O/c1-8-6-25(7-9-3-2-4-10(5-9)15(17,18)19)14-11(13(23)27)12(16(20,21)22)24-26(8)14/h2-6H,7H2,1H3,(H2,23,27). The highest BCUT2D eigenvalue weighted by molar-refractivity contribution is 6.00. The first-order valence-electron chi connectivity index (χ1n) is 7.51. The molecule has 0 aliphatic rings. The number of hydrogen-bond acceptors (Lipinski definition) is 2. The van der Waals surface area contributed by atoms with Crippen LogP contribution >= 0.6 is 0 Å². The quantitative estimate of drug-likeness (QED) is 0.694. The van der Waals surface area contributed by atoms with Crippen molar-refractivity contribution in [3.05, 3.63) is 58.5 Å². The number of carbonyl (C=O) groups excluding carboxylic acids is 1. The Kier molecular flexibility index (Phi) is 4.20. The molecule has 0 atom stereocenters. The van der Waals surface area contributed by atoms with Gasteiger partial charge >= 0.3 is 12.4 Å². The Hall–Kier alpha value is -2.98. The van der Waals surface area contributed by atoms with Gasteiger partial charge in [-0.15, -0.1) is 0 Å². The number of nitrogens with zero attached hydrogens (tertiary/aromatic N) is 3. The van der Waals surface area contributed by atoms with Crippen LogP contribution in [0.4, 0.5) is 26.3 Å². The molecule has 1 amide bonds. The molecule has 0 aliphatic heterocycles. The summed E-state index contributed by atoms with van der Waals surface area (Å²) >= 11 is 0. The highest BCUT2D eigenvalue weighted by Crippen LogP contribution is 2.34. The second-order valence-corrected chi connectivity index (χ2v) is 5.92. The molecule has 5 nitrogen and oxygen atoms in total. The van der Waals surface area contributed by atoms with Gasteiger partial charge in [-0.1, -0.05) is 12.1 Å². The van der Waals surface area contributed by atoms with Crippen LogP contribution in [0.3, 0.4) is 0 Å². The molecular formula is C16H12F6N4O. The van der Waals surface area contributed by atoms with E-state index in [4.69, 9.17) is 5.73 Å². The third kappa shape index (κ3) is 3.36. The third-order valence-electron chi connectivity index (χ3n) is 3.93. The Morgan fingerprint density at radius 2 is 1.81 bits per heavy atom. The summed E-state index contributed by atoms with van der Waals surface area (Å²) in [5.41, 5.74) is 2.18. The number of aromatic nitrogens is 3. The van der Waals surface area contributed by atoms with Gasteiger partial charge in [-0.3, -0.25) is 4.79 Å². The zero-order chi connectivity index (χ0) is 20.1. The minimum atomic E-state index is -4.91. The number of amides is 1. The van der Waals surface area contributed by atoms with Crippen LogP contribution in [-0.4, -0.2) is 20.1 Å². The molecular weight excluding hydrogens is 378 g/mol. The average molecular weight is 390 g/mol. The second-order valence-electron chi connectivity index (χ2n) is 5.92. The van der Waals surface area contributed by atoms with Crippen molar-refractivity contribution in [2.45, 2.75) is 25.8 Å². The fourth-order valence-electron chi connectivity index (χ4n) is 2.85. The Labute approximate surface area is 148 Å². The summed E-state index contributed by atoms with van der Waals surface area (Å²) in [5.74, 6) is -1.33. The van der Waals surface area contributed by atoms with Crippen LogP contribution in [-0.2, 0) is 18.9 Å². The average Bonchev–Trinajstić information content (AvgIpc) is 3.06. The Morgan fingerprint density at radius 3 is 2.37 bits per heavy atom. The second kappa shape index (κ2) is 6.03. The van der Waals surface area contributed by atoms with E-state index in [9.17, 15) is 31.1 Å². The van der Waals surface area contributed by atoms with E-state index in [2.05, 4.69) is 5.10 Å². The zero-order valence-electron chi connectivity index (χ0n) is 13.7. The summed E-state index contributed by atoms with van der Waals surface area (Å²) in [6.07, 6.45) is -8.09. The number of nitrogens with two attached hydrogens (primary N) is 1. The van der Waals surface area contributed by atoms with Crippen molar-refractivity contribution in [1.82, 2.24) is 14.2 Å². The third-order valence-corrected chi connectivity index (χ3v) is 3.93. The number of benzene rings is 1. The van der Waals surface area contributed by atoms with Crippen molar-refractivity contribution in [2.75, 3.05) is 0 Å². The number of rotatable bonds is 3. The molecule has 0 radical (unpaired) electrons. The van der Waals surface area contributed by atoms with Gasteiger partial charge in [-0.05, 0) is 24.6 Å². The number of fused-ring (bicyclic) bond motifs is 1. The summed E-state index contributed by atoms with van der Waals surface area (Å²) in [6.45, 7) is 1.25. The van der Waals surface area contributed by atoms with Gasteiger partial charge in [-0.25, -0.2) is 4.52 Å². The van der Waals surface area contributed by atoms with E-state index in [1.165, 1.54) is 29.8 Å². The number of alkyl halides is 6. The summed E-state index contributed by atoms with van der Waals surface area (Å²) in [4.78, 5) is 11.6. The first kappa shape index (κ1) is 18.8. The molecule has 2 heterocycles. The number of hydrogen-bond donors (Lipinski definition) is 1. The Balaban J connectivity index is 2.16. The van der Waals surface area contributed by atoms with Crippen molar-refractivity contribution in [2.24, 2.45) is 5.73 Å². The van der Waals surface area contributed by atoms with Crippen LogP contribution in [0.2, 0.25) is 0 Å². The SMILES string of the molecule is Cc1cn(Cc2cccc(C(F)(F)F)c2)c2c(C(N)=O)c(C(F)(F)F)nn12. The zero-order valence-corrected chi connectivity index (χ0v) is 13.7. The van der Waals surface area contributed by atoms with Crippen molar-refractivity contribution >= 4 is 11.6 Å². The molecule has 11 heteroatoms. The minimum absolute atomic E-state index is 0.188. The molecule has 27 heavy (non-hydrogen) atoms. The van der Waals surface area contributed by atoms with E-state index < -0.39 is 35.1 Å². The highest BCUT2D eigenvalue weighted by Gasteiger charge is 2.41. The predicted molar refractivity (Wildman–Crippen MR) is 82.0 cm³/mol. The maximum atomic E-state index is 13.2. The number of aryl methyl sites for hydroxylation is 1. The van der Waals surface area contributed by atoms with Crippen molar-refractivity contribution in [3.63, 3.8) is 0 Å². The van der Waals surface area contributed by atoms with E-state index in [0.29, 0.717) is 0 Å². The lowest BCUT2D eigenvalue weighted by atomic mass is 10.1. The molecule has 0 unspecified atom stereocenters. The molecule has 0 aliphatic carbocycles. The van der Waals surface area contributed by atoms with Crippen molar-refractivity contribution in [3.8, 4) is 0 Å². The van der Waals surface area contributed by atoms with E-state index in [-0.39, 0.29) is 23.4 Å². The molecule has 144 valence electrons. The van der Waals surface area contributed by atoms with Gasteiger partial charge in [0, 0.05) is 12.7 Å². The number of carbonyl (C=O) groups is 1. The molecule has 0 spiro atoms. The first-order chi connectivity index (χ1) is 12.4. The monoisotopic (exact) mass is 390 g/mol. The van der Waals surface area contributed by atoms with Crippen LogP contribution < -0.4 is 5.73 Å². The number of primary amides is 1. The van der Waals surface area contributed by atoms with E-state index in [0.717, 1.165) is 16.6 Å². The predicted octanol–water partition coefficient (Wildman–Crippen LogP) is 3.63. The van der Waals surface area contributed by atoms with E-state index in [1.807, 2.05) is 0 Å². The summed E-state index contributed by atoms with van der Waals surface area (Å²) < 4.78 is 80.2. The summed E-state index contributed by atoms with van der Waals surface area (Å²) in [7, 11) is 0. The van der Waals surface area contributed by atoms with Crippen molar-refractivity contribution in [1.29, 1.82) is 0 Å². The van der Waals surface area contributed by atoms with Gasteiger partial charge in [0.05, 0.1) is 11.3 Å². The van der Waals surface area contributed by atoms with Gasteiger partial charge in [0.15, 0.2) is 5.69 Å². The maximum absolute atomic E-state index is 13.2. The smallest absolute Gasteiger partial charge is 0.365 e. The van der Waals surface area contributed by atoms with Gasteiger partial charge in [0.25, 0.3) is 5.91 Å². The Bertz CT molecular complexity index is 1030. The largest absolute Gasteiger partial charge is 0.436 e. The van der Waals surface area contributed by atoms with Gasteiger partial charge in [-0.2, -0.15) is 31.4 Å². The molecule has 0 fully saturated rings. The molecule has 3 rings (SSSR count). The van der Waals surface area contributed by atoms with Gasteiger partial charge < -0.3 is 10.3 Å². The fourth-order valence-corrected chi connectivity index (χ4v) is 2.85. The van der Waals surface area contributed by atoms with Crippen molar-refractivity contribution < 1.29 is 31.1 Å². The van der Waals surface area contributed by atoms with Crippen LogP contribution in [0.1, 0.15) is 32.9 Å². The molecule has 0 saturated carbocycles. The number of imidazole rings is 1. The lowest BCUT2D eigenvalue weighted by Gasteiger charge is -2.10. The van der Waals surface area contributed by atoms with Crippen LogP contribution in [0.25, 0.3) is 5.65 Å². The topological polar surface area (TPSA) is 65.3 Å². The normalized spacial score (nSPS) is 12.7. The molecule has 0 saturated heterocycles. The first-order valence-corrected chi connectivity index (χ1v) is 7.51.